The molecule has 0 amide bonds. The summed E-state index contributed by atoms with van der Waals surface area (Å²) < 4.78 is 19.2. The molecule has 4 rings (SSSR count). The number of fused-ring (bicyclic) bond motifs is 1. The zero-order chi connectivity index (χ0) is 23.5. The van der Waals surface area contributed by atoms with Crippen molar-refractivity contribution in [3.05, 3.63) is 75.6 Å². The number of hydrogen-bond acceptors (Lipinski definition) is 9. The van der Waals surface area contributed by atoms with Gasteiger partial charge in [-0.2, -0.15) is 10.5 Å². The lowest BCUT2D eigenvalue weighted by Crippen LogP contribution is -2.32. The van der Waals surface area contributed by atoms with Gasteiger partial charge in [-0.15, -0.1) is 0 Å². The first-order valence-electron chi connectivity index (χ1n) is 9.56. The highest BCUT2D eigenvalue weighted by Gasteiger charge is 2.31. The Kier molecular flexibility index (Phi) is 5.85. The molecule has 1 unspecified atom stereocenters. The van der Waals surface area contributed by atoms with Crippen molar-refractivity contribution in [3.8, 4) is 18.0 Å². The van der Waals surface area contributed by atoms with Crippen LogP contribution in [0.4, 0.5) is 21.7 Å². The lowest BCUT2D eigenvalue weighted by molar-refractivity contribution is 0.302. The maximum Gasteiger partial charge on any atom is 0.211 e. The first kappa shape index (κ1) is 21.7. The highest BCUT2D eigenvalue weighted by molar-refractivity contribution is 6.30. The van der Waals surface area contributed by atoms with Gasteiger partial charge in [-0.05, 0) is 35.9 Å². The van der Waals surface area contributed by atoms with Crippen molar-refractivity contribution < 1.29 is 9.13 Å². The number of halogens is 2. The van der Waals surface area contributed by atoms with Gasteiger partial charge in [0.1, 0.15) is 47.5 Å². The van der Waals surface area contributed by atoms with E-state index >= 15 is 0 Å². The monoisotopic (exact) mass is 462 g/mol. The fourth-order valence-corrected chi connectivity index (χ4v) is 3.59. The van der Waals surface area contributed by atoms with E-state index in [9.17, 15) is 9.65 Å². The number of hydrogen-bond donors (Lipinski definition) is 4. The lowest BCUT2D eigenvalue weighted by atomic mass is 9.94. The van der Waals surface area contributed by atoms with E-state index in [4.69, 9.17) is 33.1 Å². The molecule has 2 aromatic carbocycles. The Bertz CT molecular complexity index is 1340. The van der Waals surface area contributed by atoms with E-state index < -0.39 is 6.04 Å². The Morgan fingerprint density at radius 3 is 2.64 bits per heavy atom. The van der Waals surface area contributed by atoms with Crippen LogP contribution >= 0.6 is 11.6 Å². The van der Waals surface area contributed by atoms with Gasteiger partial charge in [0.2, 0.25) is 5.96 Å². The molecule has 0 radical (unpaired) electrons. The molecule has 1 aromatic heterocycles. The van der Waals surface area contributed by atoms with Gasteiger partial charge in [-0.25, -0.2) is 14.4 Å². The molecule has 1 aliphatic rings. The normalized spacial score (nSPS) is 14.2. The third-order valence-electron chi connectivity index (χ3n) is 4.93. The second kappa shape index (κ2) is 8.91. The zero-order valence-electron chi connectivity index (χ0n) is 16.9. The minimum atomic E-state index is -0.820. The number of aromatic nitrogens is 1. The molecule has 1 atom stereocenters. The predicted molar refractivity (Wildman–Crippen MR) is 122 cm³/mol. The van der Waals surface area contributed by atoms with Crippen molar-refractivity contribution in [2.75, 3.05) is 16.8 Å². The largest absolute Gasteiger partial charge is 0.489 e. The van der Waals surface area contributed by atoms with E-state index in [2.05, 4.69) is 20.6 Å². The number of pyridine rings is 1. The summed E-state index contributed by atoms with van der Waals surface area (Å²) in [6.07, 6.45) is 1.80. The zero-order valence-corrected chi connectivity index (χ0v) is 17.7. The highest BCUT2D eigenvalue weighted by atomic mass is 35.5. The van der Waals surface area contributed by atoms with Crippen LogP contribution in [0.25, 0.3) is 0 Å². The smallest absolute Gasteiger partial charge is 0.211 e. The molecule has 0 bridgehead atoms. The Hall–Kier alpha value is -4.54. The number of nitrogen functional groups attached to an aromatic ring is 2. The van der Waals surface area contributed by atoms with E-state index in [1.54, 1.807) is 36.5 Å². The molecule has 0 saturated heterocycles. The standard InChI is InChI=1S/C22H16ClFN8O/c23-12-3-6-16(33-9-11-1-4-13(24)5-2-11)14(7-12)19-17-18(27)15(8-25)20(28)31-21(17)32-22(30-19)29-10-26/h1-7,19H,9H2,(H6,27,28,29,30,31,32). The van der Waals surface area contributed by atoms with Crippen LogP contribution in [0.2, 0.25) is 5.02 Å². The van der Waals surface area contributed by atoms with Gasteiger partial charge in [-0.1, -0.05) is 23.7 Å². The maximum absolute atomic E-state index is 13.2. The fourth-order valence-electron chi connectivity index (χ4n) is 3.41. The fraction of sp³-hybridized carbons (Fsp3) is 0.0909. The second-order valence-corrected chi connectivity index (χ2v) is 7.44. The van der Waals surface area contributed by atoms with Gasteiger partial charge in [0.15, 0.2) is 6.19 Å². The molecule has 33 heavy (non-hydrogen) atoms. The molecular formula is C22H16ClFN8O. The van der Waals surface area contributed by atoms with Crippen LogP contribution in [0.15, 0.2) is 47.5 Å². The Labute approximate surface area is 193 Å². The van der Waals surface area contributed by atoms with Crippen LogP contribution in [0, 0.1) is 28.6 Å². The molecule has 0 saturated carbocycles. The topological polar surface area (TPSA) is 158 Å². The summed E-state index contributed by atoms with van der Waals surface area (Å²) in [5.74, 6) is 0.370. The number of nitrogens with two attached hydrogens (primary N) is 2. The van der Waals surface area contributed by atoms with Crippen molar-refractivity contribution in [3.63, 3.8) is 0 Å². The summed E-state index contributed by atoms with van der Waals surface area (Å²) in [5.41, 5.74) is 13.9. The summed E-state index contributed by atoms with van der Waals surface area (Å²) in [5, 5.41) is 24.3. The Morgan fingerprint density at radius 2 is 1.94 bits per heavy atom. The number of nitrogens with zero attached hydrogens (tertiary/aromatic N) is 4. The van der Waals surface area contributed by atoms with Crippen LogP contribution in [0.3, 0.4) is 0 Å². The van der Waals surface area contributed by atoms with Crippen LogP contribution in [-0.2, 0) is 6.61 Å². The highest BCUT2D eigenvalue weighted by Crippen LogP contribution is 2.44. The minimum absolute atomic E-state index is 0.0169. The average molecular weight is 463 g/mol. The molecule has 0 spiro atoms. The van der Waals surface area contributed by atoms with Crippen LogP contribution in [0.5, 0.6) is 5.75 Å². The SMILES string of the molecule is N#CNC1=NC(c2cc(Cl)ccc2OCc2ccc(F)cc2)c2c(nc(N)c(C#N)c2N)N1. The second-order valence-electron chi connectivity index (χ2n) is 7.00. The van der Waals surface area contributed by atoms with Crippen LogP contribution < -0.4 is 26.8 Å². The molecule has 0 aliphatic carbocycles. The Morgan fingerprint density at radius 1 is 1.18 bits per heavy atom. The van der Waals surface area contributed by atoms with E-state index in [1.165, 1.54) is 12.1 Å². The van der Waals surface area contributed by atoms with Crippen molar-refractivity contribution in [1.82, 2.24) is 10.3 Å². The third-order valence-corrected chi connectivity index (χ3v) is 5.17. The van der Waals surface area contributed by atoms with Gasteiger partial charge in [-0.3, -0.25) is 5.32 Å². The summed E-state index contributed by atoms with van der Waals surface area (Å²) in [6.45, 7) is 0.151. The van der Waals surface area contributed by atoms with Gasteiger partial charge >= 0.3 is 0 Å². The number of aliphatic imine (C=N–C) groups is 1. The number of ether oxygens (including phenoxy) is 1. The summed E-state index contributed by atoms with van der Waals surface area (Å²) >= 11 is 6.27. The summed E-state index contributed by atoms with van der Waals surface area (Å²) in [6, 6.07) is 12.0. The van der Waals surface area contributed by atoms with E-state index in [0.717, 1.165) is 5.56 Å². The molecule has 11 heteroatoms. The summed E-state index contributed by atoms with van der Waals surface area (Å²) in [7, 11) is 0. The molecular weight excluding hydrogens is 447 g/mol. The summed E-state index contributed by atoms with van der Waals surface area (Å²) in [4.78, 5) is 8.76. The predicted octanol–water partition coefficient (Wildman–Crippen LogP) is 3.43. The molecule has 1 aliphatic heterocycles. The number of rotatable bonds is 4. The lowest BCUT2D eigenvalue weighted by Gasteiger charge is -2.27. The quantitative estimate of drug-likeness (QED) is 0.339. The van der Waals surface area contributed by atoms with Crippen LogP contribution in [0.1, 0.15) is 28.3 Å². The van der Waals surface area contributed by atoms with Gasteiger partial charge in [0.05, 0.1) is 5.69 Å². The van der Waals surface area contributed by atoms with E-state index in [0.29, 0.717) is 21.9 Å². The number of benzene rings is 2. The average Bonchev–Trinajstić information content (AvgIpc) is 2.79. The maximum atomic E-state index is 13.2. The molecule has 2 heterocycles. The van der Waals surface area contributed by atoms with Crippen molar-refractivity contribution >= 4 is 34.9 Å². The third kappa shape index (κ3) is 4.28. The minimum Gasteiger partial charge on any atom is -0.489 e. The molecule has 6 N–H and O–H groups in total. The first-order valence-corrected chi connectivity index (χ1v) is 9.94. The van der Waals surface area contributed by atoms with Gasteiger partial charge in [0, 0.05) is 16.1 Å². The van der Waals surface area contributed by atoms with Gasteiger partial charge < -0.3 is 21.5 Å². The molecule has 164 valence electrons. The Balaban J connectivity index is 1.82. The van der Waals surface area contributed by atoms with Crippen molar-refractivity contribution in [2.24, 2.45) is 4.99 Å². The number of nitriles is 2. The van der Waals surface area contributed by atoms with E-state index in [1.807, 2.05) is 6.07 Å². The van der Waals surface area contributed by atoms with Crippen molar-refractivity contribution in [1.29, 1.82) is 10.5 Å². The van der Waals surface area contributed by atoms with Gasteiger partial charge in [0.25, 0.3) is 0 Å². The number of guanidine groups is 1. The molecule has 3 aromatic rings. The number of nitrogens with one attached hydrogen (secondary N) is 2. The molecule has 0 fully saturated rings. The van der Waals surface area contributed by atoms with Crippen LogP contribution in [-0.4, -0.2) is 10.9 Å². The van der Waals surface area contributed by atoms with Crippen molar-refractivity contribution in [2.45, 2.75) is 12.6 Å². The molecule has 9 nitrogen and oxygen atoms in total. The van der Waals surface area contributed by atoms with E-state index in [-0.39, 0.29) is 41.3 Å². The number of anilines is 3. The first-order chi connectivity index (χ1) is 15.9.